The van der Waals surface area contributed by atoms with Crippen LogP contribution in [0.3, 0.4) is 0 Å². The minimum absolute atomic E-state index is 0.0833. The topological polar surface area (TPSA) is 107 Å². The Morgan fingerprint density at radius 1 is 1.68 bits per heavy atom. The number of nitrogens with zero attached hydrogens (tertiary/aromatic N) is 1. The predicted molar refractivity (Wildman–Crippen MR) is 71.8 cm³/mol. The molecule has 0 spiro atoms. The molecule has 0 aliphatic rings. The Kier molecular flexibility index (Phi) is 5.23. The molecule has 1 rings (SSSR count). The van der Waals surface area contributed by atoms with E-state index in [1.54, 1.807) is 17.5 Å². The van der Waals surface area contributed by atoms with Crippen LogP contribution in [0.1, 0.15) is 17.4 Å². The molecule has 0 saturated carbocycles. The van der Waals surface area contributed by atoms with E-state index in [1.165, 1.54) is 24.3 Å². The van der Waals surface area contributed by atoms with Gasteiger partial charge in [0, 0.05) is 17.5 Å². The molecule has 1 atom stereocenters. The predicted octanol–water partition coefficient (Wildman–Crippen LogP) is 1.18. The van der Waals surface area contributed by atoms with Crippen molar-refractivity contribution in [2.45, 2.75) is 18.7 Å². The van der Waals surface area contributed by atoms with Gasteiger partial charge in [-0.3, -0.25) is 0 Å². The fraction of sp³-hybridized carbons (Fsp3) is 0.273. The summed E-state index contributed by atoms with van der Waals surface area (Å²) >= 11 is 1.31. The standard InChI is InChI=1S/C11H12N2O4S2/c1-8(5-12)19(16,17)13-6-10-4-9(7-18-10)2-3-11(14)15/h2-4,7-8,13H,6H2,1H3,(H,14,15). The Morgan fingerprint density at radius 2 is 2.37 bits per heavy atom. The second kappa shape index (κ2) is 6.47. The summed E-state index contributed by atoms with van der Waals surface area (Å²) in [6.07, 6.45) is 2.43. The first-order chi connectivity index (χ1) is 8.85. The lowest BCUT2D eigenvalue weighted by molar-refractivity contribution is -0.131. The molecule has 0 aliphatic heterocycles. The van der Waals surface area contributed by atoms with Crippen LogP contribution in [0.5, 0.6) is 0 Å². The molecule has 6 nitrogen and oxygen atoms in total. The fourth-order valence-corrected chi connectivity index (χ4v) is 2.74. The summed E-state index contributed by atoms with van der Waals surface area (Å²) in [6.45, 7) is 1.39. The highest BCUT2D eigenvalue weighted by molar-refractivity contribution is 7.90. The smallest absolute Gasteiger partial charge is 0.328 e. The summed E-state index contributed by atoms with van der Waals surface area (Å²) in [4.78, 5) is 11.1. The van der Waals surface area contributed by atoms with Crippen molar-refractivity contribution in [1.29, 1.82) is 5.26 Å². The van der Waals surface area contributed by atoms with E-state index in [0.29, 0.717) is 5.56 Å². The number of carboxylic acids is 1. The molecule has 1 aromatic rings. The average molecular weight is 300 g/mol. The molecule has 19 heavy (non-hydrogen) atoms. The van der Waals surface area contributed by atoms with Gasteiger partial charge in [0.15, 0.2) is 5.25 Å². The van der Waals surface area contributed by atoms with Crippen LogP contribution in [-0.2, 0) is 21.4 Å². The molecule has 0 bridgehead atoms. The summed E-state index contributed by atoms with van der Waals surface area (Å²) < 4.78 is 25.4. The third kappa shape index (κ3) is 4.82. The van der Waals surface area contributed by atoms with Gasteiger partial charge >= 0.3 is 5.97 Å². The molecule has 0 aromatic carbocycles. The van der Waals surface area contributed by atoms with Gasteiger partial charge in [-0.1, -0.05) is 0 Å². The Balaban J connectivity index is 2.66. The third-order valence-corrected chi connectivity index (χ3v) is 4.73. The van der Waals surface area contributed by atoms with Crippen LogP contribution in [0.2, 0.25) is 0 Å². The minimum atomic E-state index is -3.64. The van der Waals surface area contributed by atoms with Gasteiger partial charge in [0.1, 0.15) is 0 Å². The SMILES string of the molecule is CC(C#N)S(=O)(=O)NCc1cc(C=CC(=O)O)cs1. The summed E-state index contributed by atoms with van der Waals surface area (Å²) in [5.41, 5.74) is 0.690. The van der Waals surface area contributed by atoms with E-state index >= 15 is 0 Å². The van der Waals surface area contributed by atoms with Crippen molar-refractivity contribution in [3.63, 3.8) is 0 Å². The number of hydrogen-bond acceptors (Lipinski definition) is 5. The number of hydrogen-bond donors (Lipinski definition) is 2. The molecule has 0 radical (unpaired) electrons. The molecule has 2 N–H and O–H groups in total. The number of nitriles is 1. The van der Waals surface area contributed by atoms with Gasteiger partial charge in [-0.05, 0) is 30.0 Å². The van der Waals surface area contributed by atoms with Crippen molar-refractivity contribution in [2.24, 2.45) is 0 Å². The largest absolute Gasteiger partial charge is 0.478 e. The van der Waals surface area contributed by atoms with Gasteiger partial charge < -0.3 is 5.11 Å². The summed E-state index contributed by atoms with van der Waals surface area (Å²) in [6, 6.07) is 3.34. The van der Waals surface area contributed by atoms with Gasteiger partial charge in [-0.25, -0.2) is 17.9 Å². The summed E-state index contributed by atoms with van der Waals surface area (Å²) in [5.74, 6) is -1.05. The maximum Gasteiger partial charge on any atom is 0.328 e. The second-order valence-corrected chi connectivity index (χ2v) is 6.74. The van der Waals surface area contributed by atoms with E-state index in [0.717, 1.165) is 11.0 Å². The molecular formula is C11H12N2O4S2. The molecule has 0 fully saturated rings. The van der Waals surface area contributed by atoms with Crippen LogP contribution in [0.4, 0.5) is 0 Å². The Bertz CT molecular complexity index is 625. The van der Waals surface area contributed by atoms with Gasteiger partial charge in [0.05, 0.1) is 6.07 Å². The lowest BCUT2D eigenvalue weighted by Crippen LogP contribution is -2.30. The van der Waals surface area contributed by atoms with E-state index in [4.69, 9.17) is 10.4 Å². The van der Waals surface area contributed by atoms with Crippen molar-refractivity contribution >= 4 is 33.4 Å². The first-order valence-corrected chi connectivity index (χ1v) is 7.64. The van der Waals surface area contributed by atoms with Gasteiger partial charge in [0.2, 0.25) is 10.0 Å². The minimum Gasteiger partial charge on any atom is -0.478 e. The summed E-state index contributed by atoms with van der Waals surface area (Å²) in [7, 11) is -3.64. The molecule has 1 aromatic heterocycles. The van der Waals surface area contributed by atoms with E-state index in [1.807, 2.05) is 0 Å². The number of carbonyl (C=O) groups is 1. The zero-order chi connectivity index (χ0) is 14.5. The fourth-order valence-electron chi connectivity index (χ4n) is 1.11. The quantitative estimate of drug-likeness (QED) is 0.767. The number of rotatable bonds is 6. The highest BCUT2D eigenvalue weighted by Crippen LogP contribution is 2.16. The van der Waals surface area contributed by atoms with Crippen molar-refractivity contribution in [3.8, 4) is 6.07 Å². The van der Waals surface area contributed by atoms with Crippen molar-refractivity contribution in [2.75, 3.05) is 0 Å². The maximum atomic E-state index is 11.5. The maximum absolute atomic E-state index is 11.5. The normalized spacial score (nSPS) is 13.3. The van der Waals surface area contributed by atoms with Gasteiger partial charge in [0.25, 0.3) is 0 Å². The number of nitrogens with one attached hydrogen (secondary N) is 1. The lowest BCUT2D eigenvalue weighted by Gasteiger charge is -2.05. The van der Waals surface area contributed by atoms with Crippen LogP contribution < -0.4 is 4.72 Å². The first kappa shape index (κ1) is 15.4. The molecule has 102 valence electrons. The van der Waals surface area contributed by atoms with E-state index in [2.05, 4.69) is 4.72 Å². The zero-order valence-corrected chi connectivity index (χ0v) is 11.7. The van der Waals surface area contributed by atoms with Crippen molar-refractivity contribution in [3.05, 3.63) is 28.0 Å². The summed E-state index contributed by atoms with van der Waals surface area (Å²) in [5, 5.41) is 17.6. The van der Waals surface area contributed by atoms with E-state index < -0.39 is 21.2 Å². The Morgan fingerprint density at radius 3 is 2.95 bits per heavy atom. The number of sulfonamides is 1. The molecule has 1 unspecified atom stereocenters. The van der Waals surface area contributed by atoms with Crippen LogP contribution in [0.15, 0.2) is 17.5 Å². The van der Waals surface area contributed by atoms with Crippen LogP contribution in [0.25, 0.3) is 6.08 Å². The first-order valence-electron chi connectivity index (χ1n) is 5.21. The number of thiophene rings is 1. The molecule has 0 amide bonds. The monoisotopic (exact) mass is 300 g/mol. The highest BCUT2D eigenvalue weighted by Gasteiger charge is 2.19. The second-order valence-electron chi connectivity index (χ2n) is 3.66. The number of carboxylic acid groups (broad SMARTS) is 1. The molecular weight excluding hydrogens is 288 g/mol. The van der Waals surface area contributed by atoms with Gasteiger partial charge in [-0.2, -0.15) is 5.26 Å². The van der Waals surface area contributed by atoms with Crippen molar-refractivity contribution < 1.29 is 18.3 Å². The molecule has 8 heteroatoms. The third-order valence-electron chi connectivity index (χ3n) is 2.19. The highest BCUT2D eigenvalue weighted by atomic mass is 32.2. The van der Waals surface area contributed by atoms with Crippen LogP contribution >= 0.6 is 11.3 Å². The number of aliphatic carboxylic acids is 1. The van der Waals surface area contributed by atoms with Crippen LogP contribution in [-0.4, -0.2) is 24.7 Å². The van der Waals surface area contributed by atoms with Crippen LogP contribution in [0, 0.1) is 11.3 Å². The van der Waals surface area contributed by atoms with Crippen molar-refractivity contribution in [1.82, 2.24) is 4.72 Å². The Hall–Kier alpha value is -1.69. The molecule has 0 saturated heterocycles. The molecule has 1 heterocycles. The van der Waals surface area contributed by atoms with E-state index in [9.17, 15) is 13.2 Å². The molecule has 0 aliphatic carbocycles. The zero-order valence-electron chi connectivity index (χ0n) is 10.0. The average Bonchev–Trinajstić information content (AvgIpc) is 2.81. The Labute approximate surface area is 115 Å². The lowest BCUT2D eigenvalue weighted by atomic mass is 10.3. The van der Waals surface area contributed by atoms with Gasteiger partial charge in [-0.15, -0.1) is 11.3 Å². The van der Waals surface area contributed by atoms with E-state index in [-0.39, 0.29) is 6.54 Å².